The van der Waals surface area contributed by atoms with Crippen LogP contribution in [-0.2, 0) is 0 Å². The van der Waals surface area contributed by atoms with Crippen LogP contribution in [0.4, 0.5) is 0 Å². The van der Waals surface area contributed by atoms with Crippen LogP contribution in [0.2, 0.25) is 0 Å². The highest BCUT2D eigenvalue weighted by Crippen LogP contribution is 2.48. The number of rotatable bonds is 2. The van der Waals surface area contributed by atoms with Gasteiger partial charge in [0.15, 0.2) is 0 Å². The fraction of sp³-hybridized carbons (Fsp3) is 0.167. The van der Waals surface area contributed by atoms with Gasteiger partial charge < -0.3 is 8.97 Å². The average molecular weight is 669 g/mol. The first kappa shape index (κ1) is 29.5. The predicted octanol–water partition coefficient (Wildman–Crippen LogP) is 12.6. The van der Waals surface area contributed by atoms with E-state index in [9.17, 15) is 5.26 Å². The summed E-state index contributed by atoms with van der Waals surface area (Å²) in [7, 11) is 0. The Morgan fingerprint density at radius 1 is 0.635 bits per heavy atom. The van der Waals surface area contributed by atoms with E-state index in [1.165, 1.54) is 94.7 Å². The first-order chi connectivity index (χ1) is 25.8. The highest BCUT2D eigenvalue weighted by molar-refractivity contribution is 6.36. The van der Waals surface area contributed by atoms with Crippen molar-refractivity contribution in [2.45, 2.75) is 51.1 Å². The fourth-order valence-corrected chi connectivity index (χ4v) is 9.54. The monoisotopic (exact) mass is 668 g/mol. The molecule has 3 aromatic heterocycles. The fourth-order valence-electron chi connectivity index (χ4n) is 9.54. The number of fused-ring (bicyclic) bond motifs is 11. The lowest BCUT2D eigenvalue weighted by Gasteiger charge is -2.25. The largest absolute Gasteiger partial charge is 0.317 e. The summed E-state index contributed by atoms with van der Waals surface area (Å²) in [5.41, 5.74) is 11.7. The minimum absolute atomic E-state index is 0.135. The van der Waals surface area contributed by atoms with Crippen molar-refractivity contribution in [3.63, 3.8) is 0 Å². The summed E-state index contributed by atoms with van der Waals surface area (Å²) in [6, 6.07) is 44.3. The summed E-state index contributed by atoms with van der Waals surface area (Å²) >= 11 is 0. The Balaban J connectivity index is 1.30. The zero-order chi connectivity index (χ0) is 34.3. The third-order valence-corrected chi connectivity index (χ3v) is 11.8. The number of hydrogen-bond donors (Lipinski definition) is 0. The number of benzene rings is 6. The maximum atomic E-state index is 9.95. The molecular weight excluding hydrogens is 633 g/mol. The molecular formula is C48H36N4. The quantitative estimate of drug-likeness (QED) is 0.181. The SMILES string of the molecule is N#Cc1cccc(/C2=N/C(n3c4cc5ccccc5cc4c4c5c6ccccc6n6c7ccccc7c(cc43)c56)CCC/C3=C2/C=C\CCCC3)c1. The summed E-state index contributed by atoms with van der Waals surface area (Å²) in [6.45, 7) is 0. The Hall–Kier alpha value is -6.18. The van der Waals surface area contributed by atoms with E-state index in [0.717, 1.165) is 43.4 Å². The highest BCUT2D eigenvalue weighted by atomic mass is 15.1. The van der Waals surface area contributed by atoms with Crippen LogP contribution in [0.3, 0.4) is 0 Å². The van der Waals surface area contributed by atoms with Crippen LogP contribution in [-0.4, -0.2) is 14.7 Å². The molecule has 4 heteroatoms. The summed E-state index contributed by atoms with van der Waals surface area (Å²) in [6.07, 6.45) is 12.2. The normalized spacial score (nSPS) is 20.2. The first-order valence-corrected chi connectivity index (χ1v) is 18.8. The second kappa shape index (κ2) is 11.4. The molecule has 0 saturated carbocycles. The van der Waals surface area contributed by atoms with Crippen molar-refractivity contribution in [1.82, 2.24) is 8.97 Å². The topological polar surface area (TPSA) is 45.5 Å². The second-order valence-corrected chi connectivity index (χ2v) is 14.7. The van der Waals surface area contributed by atoms with Gasteiger partial charge in [0.2, 0.25) is 0 Å². The standard InChI is InChI=1S/C48H36N4/c49-29-30-13-11-18-34(25-30)47-35-19-4-2-1-3-14-31(35)17-12-24-44(50-47)51-42-27-33-16-6-5-15-32(33)26-39(42)45-43(51)28-38-36-20-7-9-22-40(36)52-41-23-10-8-21-37(41)46(45)48(38)52/h4-11,13,15-16,18-23,25-28,44H,1-3,12,14,17,24H2/b19-4-,35-31-,50-47-. The van der Waals surface area contributed by atoms with Crippen LogP contribution in [0, 0.1) is 11.3 Å². The Morgan fingerprint density at radius 2 is 1.40 bits per heavy atom. The minimum Gasteiger partial charge on any atom is -0.317 e. The number of allylic oxidation sites excluding steroid dienone is 4. The van der Waals surface area contributed by atoms with Gasteiger partial charge in [-0.15, -0.1) is 0 Å². The van der Waals surface area contributed by atoms with Crippen LogP contribution in [0.1, 0.15) is 62.2 Å². The van der Waals surface area contributed by atoms with Crippen molar-refractivity contribution in [2.24, 2.45) is 4.99 Å². The van der Waals surface area contributed by atoms with Crippen LogP contribution >= 0.6 is 0 Å². The Kier molecular flexibility index (Phi) is 6.49. The molecule has 1 aliphatic heterocycles. The van der Waals surface area contributed by atoms with Crippen molar-refractivity contribution < 1.29 is 0 Å². The molecule has 2 aliphatic rings. The third-order valence-electron chi connectivity index (χ3n) is 11.8. The number of aromatic nitrogens is 2. The van der Waals surface area contributed by atoms with E-state index in [1.54, 1.807) is 0 Å². The van der Waals surface area contributed by atoms with Crippen LogP contribution in [0.15, 0.2) is 144 Å². The average Bonchev–Trinajstić information content (AvgIpc) is 3.80. The van der Waals surface area contributed by atoms with Crippen LogP contribution in [0.25, 0.3) is 70.7 Å². The lowest BCUT2D eigenvalue weighted by atomic mass is 9.87. The molecule has 4 heterocycles. The lowest BCUT2D eigenvalue weighted by Crippen LogP contribution is -2.16. The summed E-state index contributed by atoms with van der Waals surface area (Å²) in [5, 5.41) is 20.2. The van der Waals surface area contributed by atoms with Gasteiger partial charge in [-0.3, -0.25) is 4.99 Å². The molecule has 9 aromatic rings. The van der Waals surface area contributed by atoms with Gasteiger partial charge in [-0.1, -0.05) is 90.5 Å². The molecule has 52 heavy (non-hydrogen) atoms. The molecule has 0 saturated heterocycles. The Morgan fingerprint density at radius 3 is 2.27 bits per heavy atom. The maximum absolute atomic E-state index is 9.95. The molecule has 0 amide bonds. The highest BCUT2D eigenvalue weighted by Gasteiger charge is 2.28. The van der Waals surface area contributed by atoms with E-state index in [-0.39, 0.29) is 6.17 Å². The number of aliphatic imine (C=N–C) groups is 1. The number of para-hydroxylation sites is 2. The minimum atomic E-state index is -0.135. The Labute approximate surface area is 301 Å². The second-order valence-electron chi connectivity index (χ2n) is 14.7. The molecule has 1 unspecified atom stereocenters. The van der Waals surface area contributed by atoms with E-state index in [4.69, 9.17) is 4.99 Å². The van der Waals surface area contributed by atoms with Gasteiger partial charge >= 0.3 is 0 Å². The van der Waals surface area contributed by atoms with Crippen molar-refractivity contribution in [1.29, 1.82) is 5.26 Å². The van der Waals surface area contributed by atoms with E-state index < -0.39 is 0 Å². The lowest BCUT2D eigenvalue weighted by molar-refractivity contribution is 0.487. The molecule has 0 bridgehead atoms. The summed E-state index contributed by atoms with van der Waals surface area (Å²) < 4.78 is 5.06. The summed E-state index contributed by atoms with van der Waals surface area (Å²) in [5.74, 6) is 0. The van der Waals surface area contributed by atoms with Gasteiger partial charge in [0.1, 0.15) is 6.17 Å². The molecule has 248 valence electrons. The van der Waals surface area contributed by atoms with Crippen molar-refractivity contribution >= 4 is 76.4 Å². The number of nitrogens with zero attached hydrogens (tertiary/aromatic N) is 4. The zero-order valence-electron chi connectivity index (χ0n) is 28.9. The van der Waals surface area contributed by atoms with Crippen molar-refractivity contribution in [3.8, 4) is 6.07 Å². The van der Waals surface area contributed by atoms with Gasteiger partial charge in [0.25, 0.3) is 0 Å². The smallest absolute Gasteiger partial charge is 0.126 e. The van der Waals surface area contributed by atoms with Crippen molar-refractivity contribution in [2.75, 3.05) is 0 Å². The summed E-state index contributed by atoms with van der Waals surface area (Å²) in [4.78, 5) is 5.86. The molecule has 4 nitrogen and oxygen atoms in total. The molecule has 0 N–H and O–H groups in total. The zero-order valence-corrected chi connectivity index (χ0v) is 28.9. The molecule has 1 atom stereocenters. The predicted molar refractivity (Wildman–Crippen MR) is 217 cm³/mol. The van der Waals surface area contributed by atoms with Gasteiger partial charge in [-0.05, 0) is 104 Å². The van der Waals surface area contributed by atoms with Gasteiger partial charge in [0, 0.05) is 37.9 Å². The maximum Gasteiger partial charge on any atom is 0.126 e. The van der Waals surface area contributed by atoms with Gasteiger partial charge in [0.05, 0.1) is 44.9 Å². The van der Waals surface area contributed by atoms with E-state index in [0.29, 0.717) is 5.56 Å². The van der Waals surface area contributed by atoms with E-state index in [1.807, 2.05) is 18.2 Å². The van der Waals surface area contributed by atoms with Crippen molar-refractivity contribution in [3.05, 3.63) is 150 Å². The van der Waals surface area contributed by atoms with E-state index in [2.05, 4.69) is 124 Å². The van der Waals surface area contributed by atoms with Gasteiger partial charge in [-0.25, -0.2) is 0 Å². The molecule has 0 radical (unpaired) electrons. The number of nitriles is 1. The van der Waals surface area contributed by atoms with E-state index >= 15 is 0 Å². The molecule has 0 spiro atoms. The third kappa shape index (κ3) is 4.23. The molecule has 11 rings (SSSR count). The Bertz CT molecular complexity index is 3070. The first-order valence-electron chi connectivity index (χ1n) is 18.8. The molecule has 1 aliphatic carbocycles. The molecule has 0 fully saturated rings. The number of hydrogen-bond acceptors (Lipinski definition) is 2. The van der Waals surface area contributed by atoms with Crippen LogP contribution in [0.5, 0.6) is 0 Å². The van der Waals surface area contributed by atoms with Crippen LogP contribution < -0.4 is 0 Å². The molecule has 6 aromatic carbocycles. The van der Waals surface area contributed by atoms with Gasteiger partial charge in [-0.2, -0.15) is 5.26 Å².